The average molecular weight is 291 g/mol. The number of aromatic nitrogens is 2. The van der Waals surface area contributed by atoms with E-state index in [9.17, 15) is 17.2 Å². The Labute approximate surface area is 104 Å². The standard InChI is InChI=1S/C7H12F2N4O2S.ClH/c1-13-6(2-3-11-13)16(14,15)12-5-7(8,9)4-10;/h2-3,12H,4-5,10H2,1H3;1H. The van der Waals surface area contributed by atoms with Gasteiger partial charge < -0.3 is 5.73 Å². The molecule has 0 aliphatic rings. The molecule has 0 radical (unpaired) electrons. The molecule has 0 spiro atoms. The zero-order valence-corrected chi connectivity index (χ0v) is 10.6. The first-order valence-corrected chi connectivity index (χ1v) is 5.82. The summed E-state index contributed by atoms with van der Waals surface area (Å²) in [7, 11) is -2.58. The molecule has 0 saturated carbocycles. The SMILES string of the molecule is Cl.Cn1nccc1S(=O)(=O)NCC(F)(F)CN. The van der Waals surface area contributed by atoms with Gasteiger partial charge in [0.1, 0.15) is 0 Å². The molecule has 1 aromatic heterocycles. The summed E-state index contributed by atoms with van der Waals surface area (Å²) in [5.41, 5.74) is 4.78. The highest BCUT2D eigenvalue weighted by atomic mass is 35.5. The van der Waals surface area contributed by atoms with Crippen molar-refractivity contribution in [3.05, 3.63) is 12.3 Å². The van der Waals surface area contributed by atoms with Gasteiger partial charge in [0.25, 0.3) is 15.9 Å². The minimum absolute atomic E-state index is 0. The molecule has 6 nitrogen and oxygen atoms in total. The highest BCUT2D eigenvalue weighted by molar-refractivity contribution is 7.89. The van der Waals surface area contributed by atoms with Gasteiger partial charge in [-0.3, -0.25) is 4.68 Å². The first-order chi connectivity index (χ1) is 7.28. The second kappa shape index (κ2) is 5.71. The van der Waals surface area contributed by atoms with Crippen molar-refractivity contribution in [3.63, 3.8) is 0 Å². The second-order valence-electron chi connectivity index (χ2n) is 3.18. The van der Waals surface area contributed by atoms with E-state index in [1.165, 1.54) is 19.3 Å². The average Bonchev–Trinajstić information content (AvgIpc) is 2.63. The van der Waals surface area contributed by atoms with Gasteiger partial charge in [-0.15, -0.1) is 12.4 Å². The van der Waals surface area contributed by atoms with E-state index in [-0.39, 0.29) is 17.4 Å². The van der Waals surface area contributed by atoms with Crippen molar-refractivity contribution < 1.29 is 17.2 Å². The fourth-order valence-electron chi connectivity index (χ4n) is 0.972. The minimum atomic E-state index is -3.98. The van der Waals surface area contributed by atoms with Gasteiger partial charge in [-0.1, -0.05) is 0 Å². The summed E-state index contributed by atoms with van der Waals surface area (Å²) in [4.78, 5) is 0. The van der Waals surface area contributed by atoms with Crippen molar-refractivity contribution in [2.45, 2.75) is 10.9 Å². The molecule has 0 fully saturated rings. The van der Waals surface area contributed by atoms with E-state index in [2.05, 4.69) is 5.10 Å². The van der Waals surface area contributed by atoms with Gasteiger partial charge in [0.15, 0.2) is 5.03 Å². The summed E-state index contributed by atoms with van der Waals surface area (Å²) >= 11 is 0. The van der Waals surface area contributed by atoms with E-state index in [1.807, 2.05) is 0 Å². The van der Waals surface area contributed by atoms with Crippen LogP contribution >= 0.6 is 12.4 Å². The van der Waals surface area contributed by atoms with Crippen molar-refractivity contribution in [3.8, 4) is 0 Å². The van der Waals surface area contributed by atoms with Crippen LogP contribution in [0.5, 0.6) is 0 Å². The van der Waals surface area contributed by atoms with E-state index in [1.54, 1.807) is 4.72 Å². The van der Waals surface area contributed by atoms with Crippen LogP contribution < -0.4 is 10.5 Å². The van der Waals surface area contributed by atoms with E-state index in [0.717, 1.165) is 4.68 Å². The lowest BCUT2D eigenvalue weighted by atomic mass is 10.3. The molecule has 0 unspecified atom stereocenters. The Kier molecular flexibility index (Phi) is 5.46. The minimum Gasteiger partial charge on any atom is -0.325 e. The number of rotatable bonds is 5. The van der Waals surface area contributed by atoms with Crippen LogP contribution in [0.1, 0.15) is 0 Å². The molecule has 100 valence electrons. The third-order valence-electron chi connectivity index (χ3n) is 1.87. The van der Waals surface area contributed by atoms with Crippen LogP contribution in [0, 0.1) is 0 Å². The Morgan fingerprint density at radius 1 is 1.59 bits per heavy atom. The lowest BCUT2D eigenvalue weighted by Gasteiger charge is -2.14. The molecular formula is C7H13ClF2N4O2S. The number of nitrogens with two attached hydrogens (primary N) is 1. The van der Waals surface area contributed by atoms with Crippen molar-refractivity contribution in [2.75, 3.05) is 13.1 Å². The zero-order valence-electron chi connectivity index (χ0n) is 8.93. The molecule has 0 aliphatic carbocycles. The number of alkyl halides is 2. The van der Waals surface area contributed by atoms with Gasteiger partial charge in [-0.05, 0) is 6.07 Å². The summed E-state index contributed by atoms with van der Waals surface area (Å²) in [5, 5.41) is 3.45. The van der Waals surface area contributed by atoms with Crippen molar-refractivity contribution in [1.29, 1.82) is 0 Å². The lowest BCUT2D eigenvalue weighted by Crippen LogP contribution is -2.41. The maximum atomic E-state index is 12.8. The molecule has 1 heterocycles. The Morgan fingerprint density at radius 3 is 2.59 bits per heavy atom. The van der Waals surface area contributed by atoms with E-state index < -0.39 is 29.0 Å². The van der Waals surface area contributed by atoms with Gasteiger partial charge in [-0.2, -0.15) is 5.10 Å². The maximum absolute atomic E-state index is 12.8. The van der Waals surface area contributed by atoms with Gasteiger partial charge in [-0.25, -0.2) is 21.9 Å². The maximum Gasteiger partial charge on any atom is 0.273 e. The lowest BCUT2D eigenvalue weighted by molar-refractivity contribution is 0.0170. The first-order valence-electron chi connectivity index (χ1n) is 4.34. The second-order valence-corrected chi connectivity index (χ2v) is 4.89. The molecule has 1 rings (SSSR count). The summed E-state index contributed by atoms with van der Waals surface area (Å²) in [6, 6.07) is 1.21. The topological polar surface area (TPSA) is 90.0 Å². The quantitative estimate of drug-likeness (QED) is 0.780. The van der Waals surface area contributed by atoms with E-state index in [4.69, 9.17) is 5.73 Å². The van der Waals surface area contributed by atoms with Gasteiger partial charge in [0.05, 0.1) is 19.3 Å². The van der Waals surface area contributed by atoms with Crippen LogP contribution in [0.25, 0.3) is 0 Å². The highest BCUT2D eigenvalue weighted by Crippen LogP contribution is 2.12. The Balaban J connectivity index is 0.00000256. The number of halogens is 3. The molecule has 0 saturated heterocycles. The van der Waals surface area contributed by atoms with Crippen molar-refractivity contribution in [2.24, 2.45) is 12.8 Å². The van der Waals surface area contributed by atoms with Crippen LogP contribution in [0.2, 0.25) is 0 Å². The highest BCUT2D eigenvalue weighted by Gasteiger charge is 2.30. The zero-order chi connectivity index (χ0) is 12.4. The van der Waals surface area contributed by atoms with E-state index in [0.29, 0.717) is 0 Å². The molecule has 3 N–H and O–H groups in total. The number of nitrogens with one attached hydrogen (secondary N) is 1. The third kappa shape index (κ3) is 4.19. The Bertz CT molecular complexity index is 462. The molecular weight excluding hydrogens is 278 g/mol. The predicted molar refractivity (Wildman–Crippen MR) is 59.6 cm³/mol. The fraction of sp³-hybridized carbons (Fsp3) is 0.571. The summed E-state index contributed by atoms with van der Waals surface area (Å²) in [5.74, 6) is -3.26. The van der Waals surface area contributed by atoms with Crippen LogP contribution in [-0.4, -0.2) is 37.2 Å². The molecule has 0 aromatic carbocycles. The monoisotopic (exact) mass is 290 g/mol. The van der Waals surface area contributed by atoms with Crippen LogP contribution in [-0.2, 0) is 17.1 Å². The molecule has 0 atom stereocenters. The van der Waals surface area contributed by atoms with Gasteiger partial charge in [0.2, 0.25) is 0 Å². The van der Waals surface area contributed by atoms with Crippen molar-refractivity contribution >= 4 is 22.4 Å². The molecule has 17 heavy (non-hydrogen) atoms. The fourth-order valence-corrected chi connectivity index (χ4v) is 2.16. The number of hydrogen-bond donors (Lipinski definition) is 2. The normalized spacial score (nSPS) is 12.2. The molecule has 0 aliphatic heterocycles. The smallest absolute Gasteiger partial charge is 0.273 e. The summed E-state index contributed by atoms with van der Waals surface area (Å²) in [6.45, 7) is -1.95. The predicted octanol–water partition coefficient (Wildman–Crippen LogP) is -0.286. The van der Waals surface area contributed by atoms with Crippen molar-refractivity contribution in [1.82, 2.24) is 14.5 Å². The van der Waals surface area contributed by atoms with Gasteiger partial charge in [0, 0.05) is 7.05 Å². The third-order valence-corrected chi connectivity index (χ3v) is 3.35. The summed E-state index contributed by atoms with van der Waals surface area (Å²) < 4.78 is 51.4. The van der Waals surface area contributed by atoms with Crippen LogP contribution in [0.3, 0.4) is 0 Å². The van der Waals surface area contributed by atoms with Crippen LogP contribution in [0.15, 0.2) is 17.3 Å². The number of hydrogen-bond acceptors (Lipinski definition) is 4. The number of nitrogens with zero attached hydrogens (tertiary/aromatic N) is 2. The first kappa shape index (κ1) is 16.2. The summed E-state index contributed by atoms with van der Waals surface area (Å²) in [6.07, 6.45) is 1.26. The largest absolute Gasteiger partial charge is 0.325 e. The molecule has 0 bridgehead atoms. The Hall–Kier alpha value is -0.770. The molecule has 1 aromatic rings. The number of sulfonamides is 1. The van der Waals surface area contributed by atoms with E-state index >= 15 is 0 Å². The molecule has 0 amide bonds. The Morgan fingerprint density at radius 2 is 2.18 bits per heavy atom. The van der Waals surface area contributed by atoms with Crippen LogP contribution in [0.4, 0.5) is 8.78 Å². The number of aryl methyl sites for hydroxylation is 1. The van der Waals surface area contributed by atoms with Gasteiger partial charge >= 0.3 is 0 Å². The molecule has 10 heteroatoms.